The van der Waals surface area contributed by atoms with Gasteiger partial charge in [0.2, 0.25) is 5.91 Å². The molecule has 0 bridgehead atoms. The summed E-state index contributed by atoms with van der Waals surface area (Å²) in [4.78, 5) is 25.9. The van der Waals surface area contributed by atoms with Gasteiger partial charge in [-0.05, 0) is 56.2 Å². The molecule has 0 saturated heterocycles. The molecule has 162 valence electrons. The van der Waals surface area contributed by atoms with Crippen LogP contribution in [0.25, 0.3) is 22.0 Å². The molecule has 0 spiro atoms. The van der Waals surface area contributed by atoms with Crippen molar-refractivity contribution in [3.63, 3.8) is 0 Å². The number of nitrogens with one attached hydrogen (secondary N) is 1. The zero-order chi connectivity index (χ0) is 22.8. The highest BCUT2D eigenvalue weighted by atomic mass is 35.5. The fraction of sp³-hybridized carbons (Fsp3) is 0.192. The van der Waals surface area contributed by atoms with Crippen LogP contribution in [0, 0.1) is 13.8 Å². The zero-order valence-electron chi connectivity index (χ0n) is 18.2. The lowest BCUT2D eigenvalue weighted by atomic mass is 9.99. The van der Waals surface area contributed by atoms with Crippen LogP contribution in [0.1, 0.15) is 29.7 Å². The fourth-order valence-electron chi connectivity index (χ4n) is 3.79. The first-order valence-electron chi connectivity index (χ1n) is 10.5. The molecule has 4 aromatic rings. The Balaban J connectivity index is 1.70. The summed E-state index contributed by atoms with van der Waals surface area (Å²) in [6.45, 7) is 5.76. The van der Waals surface area contributed by atoms with Gasteiger partial charge in [-0.25, -0.2) is 4.68 Å². The maximum atomic E-state index is 13.1. The number of carbonyl (C=O) groups excluding carboxylic acids is 1. The summed E-state index contributed by atoms with van der Waals surface area (Å²) in [5.74, 6) is -0.288. The molecule has 5 nitrogen and oxygen atoms in total. The highest BCUT2D eigenvalue weighted by Crippen LogP contribution is 2.28. The van der Waals surface area contributed by atoms with Crippen LogP contribution in [0.4, 0.5) is 0 Å². The molecule has 0 aliphatic carbocycles. The Hall–Kier alpha value is -3.44. The van der Waals surface area contributed by atoms with Crippen molar-refractivity contribution in [3.05, 3.63) is 98.8 Å². The Kier molecular flexibility index (Phi) is 6.10. The number of aromatic nitrogens is 2. The van der Waals surface area contributed by atoms with Crippen molar-refractivity contribution in [1.29, 1.82) is 0 Å². The van der Waals surface area contributed by atoms with E-state index in [1.807, 2.05) is 63.2 Å². The third-order valence-corrected chi connectivity index (χ3v) is 5.81. The van der Waals surface area contributed by atoms with E-state index in [9.17, 15) is 9.59 Å². The largest absolute Gasteiger partial charge is 0.348 e. The van der Waals surface area contributed by atoms with Gasteiger partial charge in [-0.2, -0.15) is 5.10 Å². The lowest BCUT2D eigenvalue weighted by Gasteiger charge is -2.16. The standard InChI is InChI=1S/C26H24ClN3O2/c1-16-8-9-17(2)23(14-16)25-21-6-4-5-7-22(21)26(32)30(29-25)15-24(31)28-18(3)19-10-12-20(27)13-11-19/h4-14,18H,15H2,1-3H3,(H,28,31). The van der Waals surface area contributed by atoms with Crippen molar-refractivity contribution in [2.75, 3.05) is 0 Å². The predicted octanol–water partition coefficient (Wildman–Crippen LogP) is 5.21. The van der Waals surface area contributed by atoms with E-state index in [0.717, 1.165) is 27.6 Å². The minimum absolute atomic E-state index is 0.167. The van der Waals surface area contributed by atoms with E-state index < -0.39 is 0 Å². The van der Waals surface area contributed by atoms with Crippen molar-refractivity contribution in [3.8, 4) is 11.3 Å². The summed E-state index contributed by atoms with van der Waals surface area (Å²) in [5, 5.41) is 9.52. The molecular weight excluding hydrogens is 422 g/mol. The molecular formula is C26H24ClN3O2. The van der Waals surface area contributed by atoms with E-state index in [2.05, 4.69) is 16.5 Å². The Morgan fingerprint density at radius 3 is 2.44 bits per heavy atom. The molecule has 4 rings (SSSR count). The van der Waals surface area contributed by atoms with Crippen LogP contribution < -0.4 is 10.9 Å². The van der Waals surface area contributed by atoms with Gasteiger partial charge in [0.25, 0.3) is 5.56 Å². The smallest absolute Gasteiger partial charge is 0.275 e. The molecule has 1 unspecified atom stereocenters. The van der Waals surface area contributed by atoms with Gasteiger partial charge in [0, 0.05) is 16.0 Å². The molecule has 6 heteroatoms. The summed E-state index contributed by atoms with van der Waals surface area (Å²) in [7, 11) is 0. The topological polar surface area (TPSA) is 64.0 Å². The van der Waals surface area contributed by atoms with Gasteiger partial charge in [-0.1, -0.05) is 59.6 Å². The van der Waals surface area contributed by atoms with Crippen molar-refractivity contribution in [1.82, 2.24) is 15.1 Å². The van der Waals surface area contributed by atoms with Crippen LogP contribution in [-0.4, -0.2) is 15.7 Å². The van der Waals surface area contributed by atoms with Crippen molar-refractivity contribution >= 4 is 28.3 Å². The molecule has 0 fully saturated rings. The third-order valence-electron chi connectivity index (χ3n) is 5.56. The van der Waals surface area contributed by atoms with E-state index in [1.165, 1.54) is 4.68 Å². The lowest BCUT2D eigenvalue weighted by molar-refractivity contribution is -0.122. The third kappa shape index (κ3) is 4.43. The average molecular weight is 446 g/mol. The molecule has 32 heavy (non-hydrogen) atoms. The van der Waals surface area contributed by atoms with E-state index in [-0.39, 0.29) is 24.1 Å². The van der Waals surface area contributed by atoms with Crippen LogP contribution in [-0.2, 0) is 11.3 Å². The normalized spacial score (nSPS) is 12.0. The molecule has 1 heterocycles. The number of amides is 1. The lowest BCUT2D eigenvalue weighted by Crippen LogP contribution is -2.35. The molecule has 1 N–H and O–H groups in total. The molecule has 1 amide bonds. The second kappa shape index (κ2) is 8.97. The number of benzene rings is 3. The molecule has 0 saturated carbocycles. The number of fused-ring (bicyclic) bond motifs is 1. The van der Waals surface area contributed by atoms with Gasteiger partial charge < -0.3 is 5.32 Å². The number of rotatable bonds is 5. The van der Waals surface area contributed by atoms with Gasteiger partial charge in [-0.15, -0.1) is 0 Å². The van der Waals surface area contributed by atoms with E-state index in [0.29, 0.717) is 16.1 Å². The van der Waals surface area contributed by atoms with Gasteiger partial charge in [0.1, 0.15) is 6.54 Å². The summed E-state index contributed by atoms with van der Waals surface area (Å²) in [6.07, 6.45) is 0. The summed E-state index contributed by atoms with van der Waals surface area (Å²) in [5.41, 5.74) is 4.44. The SMILES string of the molecule is Cc1ccc(C)c(-c2nn(CC(=O)NC(C)c3ccc(Cl)cc3)c(=O)c3ccccc23)c1. The maximum Gasteiger partial charge on any atom is 0.275 e. The number of aryl methyl sites for hydroxylation is 2. The Bertz CT molecular complexity index is 1360. The minimum Gasteiger partial charge on any atom is -0.348 e. The zero-order valence-corrected chi connectivity index (χ0v) is 19.0. The average Bonchev–Trinajstić information content (AvgIpc) is 2.78. The van der Waals surface area contributed by atoms with Crippen LogP contribution >= 0.6 is 11.6 Å². The summed E-state index contributed by atoms with van der Waals surface area (Å²) in [6, 6.07) is 20.6. The first kappa shape index (κ1) is 21.8. The molecule has 3 aromatic carbocycles. The number of carbonyl (C=O) groups is 1. The maximum absolute atomic E-state index is 13.1. The molecule has 1 atom stereocenters. The fourth-order valence-corrected chi connectivity index (χ4v) is 3.92. The van der Waals surface area contributed by atoms with Crippen molar-refractivity contribution < 1.29 is 4.79 Å². The number of hydrogen-bond donors (Lipinski definition) is 1. The van der Waals surface area contributed by atoms with Crippen molar-refractivity contribution in [2.45, 2.75) is 33.4 Å². The molecule has 0 aliphatic heterocycles. The van der Waals surface area contributed by atoms with Crippen LogP contribution in [0.5, 0.6) is 0 Å². The van der Waals surface area contributed by atoms with Gasteiger partial charge >= 0.3 is 0 Å². The monoisotopic (exact) mass is 445 g/mol. The minimum atomic E-state index is -0.288. The highest BCUT2D eigenvalue weighted by Gasteiger charge is 2.17. The molecule has 0 radical (unpaired) electrons. The number of nitrogens with zero attached hydrogens (tertiary/aromatic N) is 2. The van der Waals surface area contributed by atoms with E-state index in [4.69, 9.17) is 11.6 Å². The summed E-state index contributed by atoms with van der Waals surface area (Å²) < 4.78 is 1.25. The van der Waals surface area contributed by atoms with Crippen LogP contribution in [0.15, 0.2) is 71.5 Å². The second-order valence-electron chi connectivity index (χ2n) is 8.02. The summed E-state index contributed by atoms with van der Waals surface area (Å²) >= 11 is 5.95. The van der Waals surface area contributed by atoms with Gasteiger partial charge in [0.05, 0.1) is 17.1 Å². The molecule has 0 aliphatic rings. The van der Waals surface area contributed by atoms with Crippen molar-refractivity contribution in [2.24, 2.45) is 0 Å². The number of halogens is 1. The first-order chi connectivity index (χ1) is 15.3. The Morgan fingerprint density at radius 2 is 1.72 bits per heavy atom. The first-order valence-corrected chi connectivity index (χ1v) is 10.8. The van der Waals surface area contributed by atoms with E-state index >= 15 is 0 Å². The van der Waals surface area contributed by atoms with Gasteiger partial charge in [0.15, 0.2) is 0 Å². The predicted molar refractivity (Wildman–Crippen MR) is 129 cm³/mol. The van der Waals surface area contributed by atoms with Gasteiger partial charge in [-0.3, -0.25) is 9.59 Å². The number of hydrogen-bond acceptors (Lipinski definition) is 3. The van der Waals surface area contributed by atoms with Crippen LogP contribution in [0.2, 0.25) is 5.02 Å². The van der Waals surface area contributed by atoms with Crippen LogP contribution in [0.3, 0.4) is 0 Å². The second-order valence-corrected chi connectivity index (χ2v) is 8.45. The highest BCUT2D eigenvalue weighted by molar-refractivity contribution is 6.30. The quantitative estimate of drug-likeness (QED) is 0.458. The van der Waals surface area contributed by atoms with E-state index in [1.54, 1.807) is 18.2 Å². The Morgan fingerprint density at radius 1 is 1.03 bits per heavy atom. The Labute approximate surface area is 191 Å². The molecule has 1 aromatic heterocycles.